The second-order valence-electron chi connectivity index (χ2n) is 6.03. The van der Waals surface area contributed by atoms with Crippen molar-refractivity contribution in [1.29, 1.82) is 0 Å². The van der Waals surface area contributed by atoms with Crippen LogP contribution in [0, 0.1) is 0 Å². The molecule has 1 aliphatic heterocycles. The van der Waals surface area contributed by atoms with E-state index in [1.165, 1.54) is 26.4 Å². The van der Waals surface area contributed by atoms with Gasteiger partial charge in [-0.1, -0.05) is 71.5 Å². The minimum atomic E-state index is -1.59. The maximum absolute atomic E-state index is 3.77. The Morgan fingerprint density at radius 1 is 0.800 bits per heavy atom. The summed E-state index contributed by atoms with van der Waals surface area (Å²) >= 11 is 3.77. The highest BCUT2D eigenvalue weighted by Crippen LogP contribution is 2.33. The van der Waals surface area contributed by atoms with Crippen LogP contribution in [0.4, 0.5) is 0 Å². The Balaban J connectivity index is 2.16. The van der Waals surface area contributed by atoms with Crippen LogP contribution < -0.4 is 10.4 Å². The van der Waals surface area contributed by atoms with Crippen molar-refractivity contribution in [2.75, 3.05) is 0 Å². The van der Waals surface area contributed by atoms with Gasteiger partial charge in [-0.2, -0.15) is 0 Å². The molecule has 0 amide bonds. The van der Waals surface area contributed by atoms with Gasteiger partial charge in [-0.3, -0.25) is 0 Å². The third kappa shape index (κ3) is 1.52. The zero-order chi connectivity index (χ0) is 13.9. The topological polar surface area (TPSA) is 0 Å². The van der Waals surface area contributed by atoms with Crippen molar-refractivity contribution in [3.8, 4) is 11.1 Å². The van der Waals surface area contributed by atoms with Gasteiger partial charge in [0.1, 0.15) is 8.07 Å². The molecule has 20 heavy (non-hydrogen) atoms. The van der Waals surface area contributed by atoms with Gasteiger partial charge in [0.15, 0.2) is 0 Å². The first kappa shape index (κ1) is 12.4. The first-order chi connectivity index (χ1) is 9.59. The molecular weight excluding hydrogens is 324 g/mol. The lowest BCUT2D eigenvalue weighted by atomic mass is 10.0. The van der Waals surface area contributed by atoms with Crippen LogP contribution in [0.5, 0.6) is 0 Å². The van der Waals surface area contributed by atoms with E-state index in [4.69, 9.17) is 0 Å². The number of rotatable bonds is 0. The molecule has 0 saturated carbocycles. The highest BCUT2D eigenvalue weighted by atomic mass is 79.9. The normalized spacial score (nSPS) is 15.2. The molecule has 3 aromatic rings. The third-order valence-corrected chi connectivity index (χ3v) is 9.06. The molecule has 98 valence electrons. The summed E-state index contributed by atoms with van der Waals surface area (Å²) in [5.74, 6) is 0. The van der Waals surface area contributed by atoms with E-state index in [1.54, 1.807) is 10.4 Å². The molecule has 0 N–H and O–H groups in total. The van der Waals surface area contributed by atoms with E-state index in [9.17, 15) is 0 Å². The van der Waals surface area contributed by atoms with Crippen LogP contribution in [0.1, 0.15) is 0 Å². The first-order valence-corrected chi connectivity index (χ1v) is 10.7. The molecule has 2 heteroatoms. The standard InChI is InChI=1S/C18H15BrSi/c1-20(2)17-11-13-7-4-3-6-12(13)10-15(17)14-8-5-9-16(19)18(14)20/h3-11H,1-2H3. The summed E-state index contributed by atoms with van der Waals surface area (Å²) in [4.78, 5) is 0. The molecule has 0 aliphatic carbocycles. The van der Waals surface area contributed by atoms with Gasteiger partial charge in [-0.25, -0.2) is 0 Å². The lowest BCUT2D eigenvalue weighted by Gasteiger charge is -2.20. The molecule has 0 fully saturated rings. The Labute approximate surface area is 128 Å². The summed E-state index contributed by atoms with van der Waals surface area (Å²) in [5, 5.41) is 5.81. The maximum Gasteiger partial charge on any atom is 0.115 e. The van der Waals surface area contributed by atoms with E-state index < -0.39 is 8.07 Å². The molecule has 0 unspecified atom stereocenters. The molecule has 1 heterocycles. The Kier molecular flexibility index (Phi) is 2.51. The van der Waals surface area contributed by atoms with Gasteiger partial charge in [0.25, 0.3) is 0 Å². The van der Waals surface area contributed by atoms with Crippen molar-refractivity contribution in [2.45, 2.75) is 13.1 Å². The lowest BCUT2D eigenvalue weighted by molar-refractivity contribution is 1.68. The molecular formula is C18H15BrSi. The molecule has 1 aliphatic rings. The van der Waals surface area contributed by atoms with E-state index >= 15 is 0 Å². The van der Waals surface area contributed by atoms with E-state index in [2.05, 4.69) is 83.6 Å². The van der Waals surface area contributed by atoms with Crippen LogP contribution in [0.15, 0.2) is 59.1 Å². The Bertz CT molecular complexity index is 849. The number of fused-ring (bicyclic) bond motifs is 4. The molecule has 0 bridgehead atoms. The molecule has 0 nitrogen and oxygen atoms in total. The maximum atomic E-state index is 3.77. The van der Waals surface area contributed by atoms with Crippen LogP contribution in [0.25, 0.3) is 21.9 Å². The van der Waals surface area contributed by atoms with Gasteiger partial charge in [0.2, 0.25) is 0 Å². The van der Waals surface area contributed by atoms with Crippen LogP contribution in [0.2, 0.25) is 13.1 Å². The van der Waals surface area contributed by atoms with Gasteiger partial charge in [-0.15, -0.1) is 0 Å². The van der Waals surface area contributed by atoms with Crippen molar-refractivity contribution in [3.05, 3.63) is 59.1 Å². The summed E-state index contributed by atoms with van der Waals surface area (Å²) in [6.07, 6.45) is 0. The molecule has 0 saturated heterocycles. The van der Waals surface area contributed by atoms with Crippen LogP contribution in [-0.2, 0) is 0 Å². The van der Waals surface area contributed by atoms with Gasteiger partial charge in [0.05, 0.1) is 0 Å². The van der Waals surface area contributed by atoms with Crippen molar-refractivity contribution >= 4 is 45.1 Å². The molecule has 0 spiro atoms. The molecule has 3 aromatic carbocycles. The van der Waals surface area contributed by atoms with E-state index in [-0.39, 0.29) is 0 Å². The SMILES string of the molecule is C[Si]1(C)c2cc3ccccc3cc2-c2cccc(Br)c21. The van der Waals surface area contributed by atoms with Crippen molar-refractivity contribution in [2.24, 2.45) is 0 Å². The van der Waals surface area contributed by atoms with Crippen LogP contribution in [0.3, 0.4) is 0 Å². The van der Waals surface area contributed by atoms with E-state index in [0.717, 1.165) is 0 Å². The van der Waals surface area contributed by atoms with E-state index in [1.807, 2.05) is 0 Å². The average Bonchev–Trinajstić information content (AvgIpc) is 2.66. The highest BCUT2D eigenvalue weighted by molar-refractivity contribution is 9.10. The number of benzene rings is 3. The number of halogens is 1. The second kappa shape index (κ2) is 4.06. The van der Waals surface area contributed by atoms with Crippen molar-refractivity contribution in [1.82, 2.24) is 0 Å². The quantitative estimate of drug-likeness (QED) is 0.533. The summed E-state index contributed by atoms with van der Waals surface area (Å²) < 4.78 is 1.27. The summed E-state index contributed by atoms with van der Waals surface area (Å²) in [5.41, 5.74) is 2.87. The molecule has 0 radical (unpaired) electrons. The third-order valence-electron chi connectivity index (χ3n) is 4.49. The smallest absolute Gasteiger partial charge is 0.0616 e. The van der Waals surface area contributed by atoms with Crippen LogP contribution >= 0.6 is 15.9 Å². The zero-order valence-corrected chi connectivity index (χ0v) is 14.2. The fraction of sp³-hybridized carbons (Fsp3) is 0.111. The summed E-state index contributed by atoms with van der Waals surface area (Å²) in [6, 6.07) is 20.1. The highest BCUT2D eigenvalue weighted by Gasteiger charge is 2.38. The average molecular weight is 339 g/mol. The molecule has 0 aromatic heterocycles. The Hall–Kier alpha value is -1.38. The van der Waals surface area contributed by atoms with Crippen molar-refractivity contribution < 1.29 is 0 Å². The minimum absolute atomic E-state index is 1.27. The zero-order valence-electron chi connectivity index (χ0n) is 11.6. The van der Waals surface area contributed by atoms with Gasteiger partial charge < -0.3 is 0 Å². The lowest BCUT2D eigenvalue weighted by Crippen LogP contribution is -2.49. The first-order valence-electron chi connectivity index (χ1n) is 6.92. The number of hydrogen-bond acceptors (Lipinski definition) is 0. The van der Waals surface area contributed by atoms with Gasteiger partial charge in [-0.05, 0) is 44.4 Å². The van der Waals surface area contributed by atoms with E-state index in [0.29, 0.717) is 0 Å². The fourth-order valence-electron chi connectivity index (χ4n) is 3.50. The Morgan fingerprint density at radius 2 is 1.50 bits per heavy atom. The predicted molar refractivity (Wildman–Crippen MR) is 93.8 cm³/mol. The largest absolute Gasteiger partial charge is 0.115 e. The molecule has 0 atom stereocenters. The summed E-state index contributed by atoms with van der Waals surface area (Å²) in [6.45, 7) is 4.91. The van der Waals surface area contributed by atoms with Gasteiger partial charge in [0, 0.05) is 4.47 Å². The molecule has 4 rings (SSSR count). The predicted octanol–water partition coefficient (Wildman–Crippen LogP) is 4.41. The Morgan fingerprint density at radius 3 is 2.25 bits per heavy atom. The minimum Gasteiger partial charge on any atom is -0.0616 e. The summed E-state index contributed by atoms with van der Waals surface area (Å²) in [7, 11) is -1.59. The second-order valence-corrected chi connectivity index (χ2v) is 11.2. The fourth-order valence-corrected chi connectivity index (χ4v) is 8.59. The van der Waals surface area contributed by atoms with Gasteiger partial charge >= 0.3 is 0 Å². The monoisotopic (exact) mass is 338 g/mol. The van der Waals surface area contributed by atoms with Crippen molar-refractivity contribution in [3.63, 3.8) is 0 Å². The van der Waals surface area contributed by atoms with Crippen LogP contribution in [-0.4, -0.2) is 8.07 Å². The number of hydrogen-bond donors (Lipinski definition) is 0.